The first-order valence-electron chi connectivity index (χ1n) is 15.8. The Morgan fingerprint density at radius 1 is 0.511 bits per heavy atom. The van der Waals surface area contributed by atoms with Crippen molar-refractivity contribution in [3.05, 3.63) is 158 Å². The Hall–Kier alpha value is -5.97. The minimum absolute atomic E-state index is 0.846. The van der Waals surface area contributed by atoms with Gasteiger partial charge in [-0.15, -0.1) is 11.3 Å². The first-order chi connectivity index (χ1) is 23.3. The minimum Gasteiger partial charge on any atom is -0.453 e. The highest BCUT2D eigenvalue weighted by atomic mass is 32.1. The van der Waals surface area contributed by atoms with E-state index in [9.17, 15) is 0 Å². The molecule has 0 amide bonds. The largest absolute Gasteiger partial charge is 0.453 e. The minimum atomic E-state index is 0.846. The molecule has 3 heterocycles. The highest BCUT2D eigenvalue weighted by Crippen LogP contribution is 2.50. The number of benzene rings is 7. The van der Waals surface area contributed by atoms with Crippen LogP contribution in [0.25, 0.3) is 64.2 Å². The molecule has 0 aliphatic carbocycles. The lowest BCUT2D eigenvalue weighted by Crippen LogP contribution is -2.15. The number of ether oxygens (including phenoxy) is 1. The van der Waals surface area contributed by atoms with Crippen molar-refractivity contribution in [1.82, 2.24) is 4.98 Å². The number of aromatic nitrogens is 1. The zero-order valence-electron chi connectivity index (χ0n) is 25.2. The number of pyridine rings is 1. The average molecular weight is 619 g/mol. The van der Waals surface area contributed by atoms with Crippen LogP contribution in [0.15, 0.2) is 158 Å². The van der Waals surface area contributed by atoms with Gasteiger partial charge in [-0.25, -0.2) is 4.98 Å². The molecule has 1 aliphatic heterocycles. The van der Waals surface area contributed by atoms with Crippen LogP contribution in [0.4, 0.5) is 17.1 Å². The van der Waals surface area contributed by atoms with Gasteiger partial charge in [0.2, 0.25) is 0 Å². The maximum atomic E-state index is 6.25. The van der Waals surface area contributed by atoms with Crippen LogP contribution in [0, 0.1) is 0 Å². The smallest absolute Gasteiger partial charge is 0.151 e. The van der Waals surface area contributed by atoms with Crippen molar-refractivity contribution in [3.63, 3.8) is 0 Å². The van der Waals surface area contributed by atoms with Gasteiger partial charge in [0.15, 0.2) is 11.5 Å². The molecule has 1 aliphatic rings. The van der Waals surface area contributed by atoms with E-state index in [1.54, 1.807) is 0 Å². The van der Waals surface area contributed by atoms with E-state index < -0.39 is 0 Å². The summed E-state index contributed by atoms with van der Waals surface area (Å²) in [7, 11) is 0. The molecular formula is C43H26N2OS. The van der Waals surface area contributed by atoms with Crippen molar-refractivity contribution < 1.29 is 4.74 Å². The number of anilines is 3. The van der Waals surface area contributed by atoms with E-state index in [-0.39, 0.29) is 0 Å². The number of fused-ring (bicyclic) bond motifs is 9. The van der Waals surface area contributed by atoms with Gasteiger partial charge in [-0.05, 0) is 76.5 Å². The van der Waals surface area contributed by atoms with E-state index in [0.717, 1.165) is 45.3 Å². The molecule has 7 aromatic carbocycles. The zero-order valence-corrected chi connectivity index (χ0v) is 26.0. The summed E-state index contributed by atoms with van der Waals surface area (Å²) < 4.78 is 8.80. The SMILES string of the molecule is c1ccc(-c2cc(-c3ccc(N4c5ccccc5Oc5ccccc54)cc3)nc3c2ccc2sc4ccc5ccccc5c4c23)cc1. The lowest BCUT2D eigenvalue weighted by Gasteiger charge is -2.32. The summed E-state index contributed by atoms with van der Waals surface area (Å²) in [6.45, 7) is 0. The topological polar surface area (TPSA) is 25.4 Å². The Morgan fingerprint density at radius 2 is 1.17 bits per heavy atom. The Kier molecular flexibility index (Phi) is 5.74. The van der Waals surface area contributed by atoms with Crippen LogP contribution >= 0.6 is 11.3 Å². The molecule has 0 N–H and O–H groups in total. The molecule has 0 spiro atoms. The fourth-order valence-electron chi connectivity index (χ4n) is 7.08. The van der Waals surface area contributed by atoms with E-state index in [1.807, 2.05) is 35.6 Å². The first-order valence-corrected chi connectivity index (χ1v) is 16.6. The fourth-order valence-corrected chi connectivity index (χ4v) is 8.21. The third-order valence-electron chi connectivity index (χ3n) is 9.24. The zero-order chi connectivity index (χ0) is 30.9. The summed E-state index contributed by atoms with van der Waals surface area (Å²) in [4.78, 5) is 7.75. The summed E-state index contributed by atoms with van der Waals surface area (Å²) in [5.74, 6) is 1.69. The molecule has 47 heavy (non-hydrogen) atoms. The van der Waals surface area contributed by atoms with Gasteiger partial charge in [0, 0.05) is 36.8 Å². The van der Waals surface area contributed by atoms with E-state index in [1.165, 1.54) is 47.5 Å². The predicted molar refractivity (Wildman–Crippen MR) is 198 cm³/mol. The number of rotatable bonds is 3. The Morgan fingerprint density at radius 3 is 1.96 bits per heavy atom. The Balaban J connectivity index is 1.20. The van der Waals surface area contributed by atoms with Gasteiger partial charge < -0.3 is 9.64 Å². The van der Waals surface area contributed by atoms with Crippen LogP contribution in [0.3, 0.4) is 0 Å². The quantitative estimate of drug-likeness (QED) is 0.197. The summed E-state index contributed by atoms with van der Waals surface area (Å²) in [6.07, 6.45) is 0. The second-order valence-corrected chi connectivity index (χ2v) is 13.0. The third-order valence-corrected chi connectivity index (χ3v) is 10.4. The highest BCUT2D eigenvalue weighted by molar-refractivity contribution is 7.26. The van der Waals surface area contributed by atoms with E-state index in [4.69, 9.17) is 9.72 Å². The number of thiophene rings is 1. The number of nitrogens with zero attached hydrogens (tertiary/aromatic N) is 2. The summed E-state index contributed by atoms with van der Waals surface area (Å²) >= 11 is 1.85. The Bertz CT molecular complexity index is 2610. The second kappa shape index (κ2) is 10.3. The van der Waals surface area contributed by atoms with Crippen LogP contribution in [0.2, 0.25) is 0 Å². The van der Waals surface area contributed by atoms with Gasteiger partial charge in [0.1, 0.15) is 0 Å². The molecule has 0 saturated carbocycles. The van der Waals surface area contributed by atoms with E-state index >= 15 is 0 Å². The maximum absolute atomic E-state index is 6.25. The lowest BCUT2D eigenvalue weighted by atomic mass is 9.95. The van der Waals surface area contributed by atoms with Gasteiger partial charge in [-0.1, -0.05) is 103 Å². The van der Waals surface area contributed by atoms with E-state index in [2.05, 4.69) is 138 Å². The first kappa shape index (κ1) is 26.3. The number of hydrogen-bond acceptors (Lipinski definition) is 4. The van der Waals surface area contributed by atoms with Crippen LogP contribution in [-0.4, -0.2) is 4.98 Å². The number of para-hydroxylation sites is 4. The molecule has 9 aromatic rings. The Labute approximate surface area is 275 Å². The second-order valence-electron chi connectivity index (χ2n) is 11.9. The molecule has 0 fully saturated rings. The van der Waals surface area contributed by atoms with Gasteiger partial charge in [0.25, 0.3) is 0 Å². The van der Waals surface area contributed by atoms with Gasteiger partial charge in [-0.2, -0.15) is 0 Å². The lowest BCUT2D eigenvalue weighted by molar-refractivity contribution is 0.477. The predicted octanol–water partition coefficient (Wildman–Crippen LogP) is 12.7. The molecule has 0 saturated heterocycles. The van der Waals surface area contributed by atoms with Gasteiger partial charge in [-0.3, -0.25) is 0 Å². The number of hydrogen-bond donors (Lipinski definition) is 0. The van der Waals surface area contributed by atoms with Crippen LogP contribution < -0.4 is 9.64 Å². The van der Waals surface area contributed by atoms with Crippen molar-refractivity contribution in [3.8, 4) is 33.9 Å². The average Bonchev–Trinajstić information content (AvgIpc) is 3.54. The van der Waals surface area contributed by atoms with Crippen LogP contribution in [0.5, 0.6) is 11.5 Å². The van der Waals surface area contributed by atoms with Crippen molar-refractivity contribution in [1.29, 1.82) is 0 Å². The normalized spacial score (nSPS) is 12.4. The van der Waals surface area contributed by atoms with Crippen LogP contribution in [0.1, 0.15) is 0 Å². The molecule has 4 heteroatoms. The molecule has 220 valence electrons. The summed E-state index contributed by atoms with van der Waals surface area (Å²) in [5.41, 5.74) is 8.55. The van der Waals surface area contributed by atoms with Crippen molar-refractivity contribution in [2.75, 3.05) is 4.90 Å². The third kappa shape index (κ3) is 4.09. The molecule has 3 nitrogen and oxygen atoms in total. The molecule has 0 radical (unpaired) electrons. The van der Waals surface area contributed by atoms with Gasteiger partial charge in [0.05, 0.1) is 22.6 Å². The monoisotopic (exact) mass is 618 g/mol. The van der Waals surface area contributed by atoms with Crippen molar-refractivity contribution >= 4 is 70.2 Å². The molecule has 0 atom stereocenters. The van der Waals surface area contributed by atoms with Gasteiger partial charge >= 0.3 is 0 Å². The maximum Gasteiger partial charge on any atom is 0.151 e. The van der Waals surface area contributed by atoms with Crippen LogP contribution in [-0.2, 0) is 0 Å². The highest BCUT2D eigenvalue weighted by Gasteiger charge is 2.25. The van der Waals surface area contributed by atoms with E-state index in [0.29, 0.717) is 0 Å². The molecule has 2 aromatic heterocycles. The molecule has 0 unspecified atom stereocenters. The summed E-state index contributed by atoms with van der Waals surface area (Å²) in [6, 6.07) is 55.8. The van der Waals surface area contributed by atoms with Crippen molar-refractivity contribution in [2.24, 2.45) is 0 Å². The summed E-state index contributed by atoms with van der Waals surface area (Å²) in [5, 5.41) is 6.21. The molecular weight excluding hydrogens is 593 g/mol. The van der Waals surface area contributed by atoms with Crippen molar-refractivity contribution in [2.45, 2.75) is 0 Å². The fraction of sp³-hybridized carbons (Fsp3) is 0. The standard InChI is InChI=1S/C43H26N2OS/c1-2-10-27(11-3-1)33-26-34(44-43-32(33)23-25-40-42(43)41-31-13-5-4-12-28(31)20-24-39(41)47-40)29-18-21-30(22-19-29)45-35-14-6-8-16-37(35)46-38-17-9-7-15-36(38)45/h1-26H. The molecule has 0 bridgehead atoms. The molecule has 10 rings (SSSR count).